The molecule has 0 aliphatic carbocycles. The minimum Gasteiger partial charge on any atom is -0.313 e. The largest absolute Gasteiger partial charge is 0.325 e. The molecule has 0 aliphatic rings. The Balaban J connectivity index is 3.17. The van der Waals surface area contributed by atoms with Gasteiger partial charge < -0.3 is 4.98 Å². The van der Waals surface area contributed by atoms with E-state index in [4.69, 9.17) is 0 Å². The van der Waals surface area contributed by atoms with Crippen LogP contribution in [0.5, 0.6) is 0 Å². The maximum absolute atomic E-state index is 11.5. The van der Waals surface area contributed by atoms with Crippen LogP contribution in [0.1, 0.15) is 13.3 Å². The van der Waals surface area contributed by atoms with E-state index in [1.54, 1.807) is 6.92 Å². The zero-order valence-electron chi connectivity index (χ0n) is 8.03. The average molecular weight is 233 g/mol. The highest BCUT2D eigenvalue weighted by atomic mass is 32.2. The van der Waals surface area contributed by atoms with E-state index in [0.717, 1.165) is 6.20 Å². The van der Waals surface area contributed by atoms with Crippen molar-refractivity contribution in [3.63, 3.8) is 0 Å². The topological polar surface area (TPSA) is 112 Å². The molecule has 0 saturated carbocycles. The molecule has 7 nitrogen and oxygen atoms in total. The molecule has 0 amide bonds. The molecule has 15 heavy (non-hydrogen) atoms. The maximum Gasteiger partial charge on any atom is 0.325 e. The van der Waals surface area contributed by atoms with E-state index in [0.29, 0.717) is 6.42 Å². The second-order valence-electron chi connectivity index (χ2n) is 2.83. The second kappa shape index (κ2) is 4.41. The second-order valence-corrected chi connectivity index (χ2v) is 4.57. The quantitative estimate of drug-likeness (QED) is 0.603. The Morgan fingerprint density at radius 1 is 1.40 bits per heavy atom. The van der Waals surface area contributed by atoms with Crippen LogP contribution < -0.4 is 16.0 Å². The molecule has 0 spiro atoms. The van der Waals surface area contributed by atoms with E-state index in [-0.39, 0.29) is 6.54 Å². The first-order valence-corrected chi connectivity index (χ1v) is 5.77. The van der Waals surface area contributed by atoms with Crippen LogP contribution in [0.15, 0.2) is 20.7 Å². The molecule has 1 rings (SSSR count). The Bertz CT molecular complexity index is 542. The number of aromatic amines is 2. The molecule has 3 N–H and O–H groups in total. The molecule has 8 heteroatoms. The van der Waals surface area contributed by atoms with Crippen molar-refractivity contribution in [1.29, 1.82) is 0 Å². The summed E-state index contributed by atoms with van der Waals surface area (Å²) in [5.41, 5.74) is -1.67. The van der Waals surface area contributed by atoms with E-state index >= 15 is 0 Å². The van der Waals surface area contributed by atoms with Gasteiger partial charge in [-0.1, -0.05) is 6.92 Å². The van der Waals surface area contributed by atoms with Gasteiger partial charge in [0.15, 0.2) is 4.90 Å². The number of hydrogen-bond acceptors (Lipinski definition) is 4. The highest BCUT2D eigenvalue weighted by Crippen LogP contribution is 1.97. The lowest BCUT2D eigenvalue weighted by Gasteiger charge is -2.03. The monoisotopic (exact) mass is 233 g/mol. The minimum absolute atomic E-state index is 0.237. The summed E-state index contributed by atoms with van der Waals surface area (Å²) in [6, 6.07) is 0. The maximum atomic E-state index is 11.5. The fraction of sp³-hybridized carbons (Fsp3) is 0.429. The van der Waals surface area contributed by atoms with Crippen molar-refractivity contribution < 1.29 is 8.42 Å². The van der Waals surface area contributed by atoms with Crippen molar-refractivity contribution in [1.82, 2.24) is 14.7 Å². The van der Waals surface area contributed by atoms with Gasteiger partial charge in [0.05, 0.1) is 0 Å². The predicted octanol–water partition coefficient (Wildman–Crippen LogP) is -1.25. The molecule has 0 fully saturated rings. The number of hydrogen-bond donors (Lipinski definition) is 3. The van der Waals surface area contributed by atoms with E-state index < -0.39 is 26.2 Å². The lowest BCUT2D eigenvalue weighted by molar-refractivity contribution is 0.578. The predicted molar refractivity (Wildman–Crippen MR) is 53.2 cm³/mol. The van der Waals surface area contributed by atoms with Crippen LogP contribution >= 0.6 is 0 Å². The Morgan fingerprint density at radius 2 is 2.07 bits per heavy atom. The molecule has 1 heterocycles. The normalized spacial score (nSPS) is 11.5. The summed E-state index contributed by atoms with van der Waals surface area (Å²) in [5, 5.41) is 0. The van der Waals surface area contributed by atoms with Crippen LogP contribution in [0.2, 0.25) is 0 Å². The molecule has 0 aromatic carbocycles. The Morgan fingerprint density at radius 3 is 2.60 bits per heavy atom. The van der Waals surface area contributed by atoms with Gasteiger partial charge in [-0.05, 0) is 6.42 Å². The standard InChI is InChI=1S/C7H11N3O4S/c1-2-3-9-15(13,14)5-4-8-7(12)10-6(5)11/h4,9H,2-3H2,1H3,(H2,8,10,11,12). The zero-order valence-corrected chi connectivity index (χ0v) is 8.85. The number of nitrogens with one attached hydrogen (secondary N) is 3. The van der Waals surface area contributed by atoms with Gasteiger partial charge in [-0.25, -0.2) is 17.9 Å². The van der Waals surface area contributed by atoms with Gasteiger partial charge in [-0.15, -0.1) is 0 Å². The SMILES string of the molecule is CCCNS(=O)(=O)c1c[nH]c(=O)[nH]c1=O. The van der Waals surface area contributed by atoms with Crippen LogP contribution in [0, 0.1) is 0 Å². The first-order valence-electron chi connectivity index (χ1n) is 4.29. The first kappa shape index (κ1) is 11.7. The summed E-state index contributed by atoms with van der Waals surface area (Å²) >= 11 is 0. The fourth-order valence-corrected chi connectivity index (χ4v) is 2.05. The molecule has 0 aliphatic heterocycles. The number of sulfonamides is 1. The van der Waals surface area contributed by atoms with Crippen LogP contribution in [0.4, 0.5) is 0 Å². The summed E-state index contributed by atoms with van der Waals surface area (Å²) in [4.78, 5) is 25.3. The van der Waals surface area contributed by atoms with Crippen molar-refractivity contribution in [2.24, 2.45) is 0 Å². The molecule has 0 saturated heterocycles. The van der Waals surface area contributed by atoms with Gasteiger partial charge in [0.25, 0.3) is 5.56 Å². The smallest absolute Gasteiger partial charge is 0.313 e. The zero-order chi connectivity index (χ0) is 11.5. The molecule has 0 bridgehead atoms. The summed E-state index contributed by atoms with van der Waals surface area (Å²) in [6.45, 7) is 2.03. The Labute approximate surface area is 85.6 Å². The van der Waals surface area contributed by atoms with E-state index in [9.17, 15) is 18.0 Å². The van der Waals surface area contributed by atoms with Crippen LogP contribution in [0.3, 0.4) is 0 Å². The van der Waals surface area contributed by atoms with Gasteiger partial charge in [0, 0.05) is 12.7 Å². The lowest BCUT2D eigenvalue weighted by Crippen LogP contribution is -2.33. The van der Waals surface area contributed by atoms with Gasteiger partial charge in [-0.3, -0.25) is 9.78 Å². The lowest BCUT2D eigenvalue weighted by atomic mass is 10.5. The third kappa shape index (κ3) is 2.77. The molecule has 1 aromatic heterocycles. The minimum atomic E-state index is -3.83. The number of rotatable bonds is 4. The molecule has 0 unspecified atom stereocenters. The first-order chi connectivity index (χ1) is 6.97. The van der Waals surface area contributed by atoms with Crippen molar-refractivity contribution in [3.8, 4) is 0 Å². The summed E-state index contributed by atoms with van der Waals surface area (Å²) in [5.74, 6) is 0. The van der Waals surface area contributed by atoms with Crippen molar-refractivity contribution in [2.75, 3.05) is 6.54 Å². The fourth-order valence-electron chi connectivity index (χ4n) is 0.911. The summed E-state index contributed by atoms with van der Waals surface area (Å²) in [6.07, 6.45) is 1.49. The van der Waals surface area contributed by atoms with E-state index in [1.165, 1.54) is 0 Å². The Kier molecular flexibility index (Phi) is 3.43. The third-order valence-electron chi connectivity index (χ3n) is 1.62. The van der Waals surface area contributed by atoms with E-state index in [2.05, 4.69) is 9.71 Å². The van der Waals surface area contributed by atoms with Crippen LogP contribution in [-0.2, 0) is 10.0 Å². The van der Waals surface area contributed by atoms with Gasteiger partial charge >= 0.3 is 5.69 Å². The number of H-pyrrole nitrogens is 2. The van der Waals surface area contributed by atoms with Crippen molar-refractivity contribution >= 4 is 10.0 Å². The van der Waals surface area contributed by atoms with Crippen LogP contribution in [0.25, 0.3) is 0 Å². The van der Waals surface area contributed by atoms with Crippen molar-refractivity contribution in [2.45, 2.75) is 18.2 Å². The van der Waals surface area contributed by atoms with Gasteiger partial charge in [-0.2, -0.15) is 0 Å². The number of aromatic nitrogens is 2. The summed E-state index contributed by atoms with van der Waals surface area (Å²) in [7, 11) is -3.83. The van der Waals surface area contributed by atoms with E-state index in [1.807, 2.05) is 4.98 Å². The van der Waals surface area contributed by atoms with Crippen LogP contribution in [-0.4, -0.2) is 24.9 Å². The highest BCUT2D eigenvalue weighted by molar-refractivity contribution is 7.89. The molecule has 0 atom stereocenters. The third-order valence-corrected chi connectivity index (χ3v) is 3.08. The van der Waals surface area contributed by atoms with Gasteiger partial charge in [0.2, 0.25) is 10.0 Å². The molecular formula is C7H11N3O4S. The average Bonchev–Trinajstić information content (AvgIpc) is 2.14. The Hall–Kier alpha value is -1.41. The molecule has 1 aromatic rings. The molecular weight excluding hydrogens is 222 g/mol. The van der Waals surface area contributed by atoms with Gasteiger partial charge in [0.1, 0.15) is 0 Å². The molecule has 0 radical (unpaired) electrons. The summed E-state index contributed by atoms with van der Waals surface area (Å²) < 4.78 is 25.2. The van der Waals surface area contributed by atoms with Crippen molar-refractivity contribution in [3.05, 3.63) is 27.0 Å². The molecule has 84 valence electrons. The highest BCUT2D eigenvalue weighted by Gasteiger charge is 2.17.